The van der Waals surface area contributed by atoms with Gasteiger partial charge < -0.3 is 5.11 Å². The third kappa shape index (κ3) is 2.03. The Morgan fingerprint density at radius 1 is 1.33 bits per heavy atom. The third-order valence-electron chi connectivity index (χ3n) is 1.98. The zero-order chi connectivity index (χ0) is 10.8. The van der Waals surface area contributed by atoms with Gasteiger partial charge >= 0.3 is 5.97 Å². The third-order valence-corrected chi connectivity index (χ3v) is 3.18. The molecule has 0 spiro atoms. The first kappa shape index (κ1) is 10.2. The van der Waals surface area contributed by atoms with Gasteiger partial charge in [-0.05, 0) is 29.1 Å². The first-order valence-corrected chi connectivity index (χ1v) is 5.51. The number of halogens is 1. The van der Waals surface area contributed by atoms with Gasteiger partial charge in [0, 0.05) is 9.90 Å². The standard InChI is InChI=1S/C11H7ClO2S/c12-8-3-1-2-7(6-8)10-9(11(13)14)4-5-15-10/h1-6H,(H,13,14). The second-order valence-corrected chi connectivity index (χ2v) is 4.33. The topological polar surface area (TPSA) is 37.3 Å². The molecule has 2 rings (SSSR count). The molecule has 1 N–H and O–H groups in total. The van der Waals surface area contributed by atoms with E-state index in [1.54, 1.807) is 23.6 Å². The molecule has 0 radical (unpaired) electrons. The van der Waals surface area contributed by atoms with Crippen LogP contribution in [0.4, 0.5) is 0 Å². The van der Waals surface area contributed by atoms with Gasteiger partial charge in [-0.1, -0.05) is 23.7 Å². The first-order valence-electron chi connectivity index (χ1n) is 4.25. The van der Waals surface area contributed by atoms with Crippen LogP contribution in [0.3, 0.4) is 0 Å². The Morgan fingerprint density at radius 3 is 2.80 bits per heavy atom. The molecule has 15 heavy (non-hydrogen) atoms. The van der Waals surface area contributed by atoms with Crippen molar-refractivity contribution in [2.75, 3.05) is 0 Å². The highest BCUT2D eigenvalue weighted by atomic mass is 35.5. The first-order chi connectivity index (χ1) is 7.18. The lowest BCUT2D eigenvalue weighted by Gasteiger charge is -2.00. The summed E-state index contributed by atoms with van der Waals surface area (Å²) in [6.45, 7) is 0. The second kappa shape index (κ2) is 4.04. The average molecular weight is 239 g/mol. The summed E-state index contributed by atoms with van der Waals surface area (Å²) < 4.78 is 0. The molecular formula is C11H7ClO2S. The minimum atomic E-state index is -0.911. The van der Waals surface area contributed by atoms with E-state index < -0.39 is 5.97 Å². The fraction of sp³-hybridized carbons (Fsp3) is 0. The average Bonchev–Trinajstić information content (AvgIpc) is 2.65. The number of benzene rings is 1. The maximum atomic E-state index is 10.9. The fourth-order valence-corrected chi connectivity index (χ4v) is 2.41. The molecule has 0 aliphatic carbocycles. The molecule has 0 aliphatic heterocycles. The van der Waals surface area contributed by atoms with Crippen molar-refractivity contribution in [3.63, 3.8) is 0 Å². The highest BCUT2D eigenvalue weighted by Gasteiger charge is 2.12. The Labute approximate surface area is 95.8 Å². The van der Waals surface area contributed by atoms with Crippen molar-refractivity contribution in [3.05, 3.63) is 46.3 Å². The van der Waals surface area contributed by atoms with Crippen molar-refractivity contribution in [2.45, 2.75) is 0 Å². The Hall–Kier alpha value is -1.32. The quantitative estimate of drug-likeness (QED) is 0.865. The van der Waals surface area contributed by atoms with E-state index in [1.807, 2.05) is 12.1 Å². The molecule has 0 aliphatic rings. The normalized spacial score (nSPS) is 10.2. The SMILES string of the molecule is O=C(O)c1ccsc1-c1cccc(Cl)c1. The summed E-state index contributed by atoms with van der Waals surface area (Å²) in [6.07, 6.45) is 0. The van der Waals surface area contributed by atoms with Crippen molar-refractivity contribution in [1.82, 2.24) is 0 Å². The highest BCUT2D eigenvalue weighted by molar-refractivity contribution is 7.14. The van der Waals surface area contributed by atoms with Crippen LogP contribution in [0.5, 0.6) is 0 Å². The lowest BCUT2D eigenvalue weighted by molar-refractivity contribution is 0.0698. The van der Waals surface area contributed by atoms with E-state index in [0.29, 0.717) is 10.6 Å². The van der Waals surface area contributed by atoms with Gasteiger partial charge in [0.25, 0.3) is 0 Å². The van der Waals surface area contributed by atoms with Crippen molar-refractivity contribution in [1.29, 1.82) is 0 Å². The van der Waals surface area contributed by atoms with Crippen LogP contribution in [0.15, 0.2) is 35.7 Å². The number of thiophene rings is 1. The van der Waals surface area contributed by atoms with E-state index in [0.717, 1.165) is 10.4 Å². The van der Waals surface area contributed by atoms with Gasteiger partial charge in [-0.2, -0.15) is 0 Å². The maximum Gasteiger partial charge on any atom is 0.337 e. The van der Waals surface area contributed by atoms with E-state index in [2.05, 4.69) is 0 Å². The van der Waals surface area contributed by atoms with E-state index in [9.17, 15) is 4.79 Å². The molecule has 76 valence electrons. The Morgan fingerprint density at radius 2 is 2.13 bits per heavy atom. The van der Waals surface area contributed by atoms with Crippen LogP contribution < -0.4 is 0 Å². The molecule has 0 fully saturated rings. The summed E-state index contributed by atoms with van der Waals surface area (Å²) in [4.78, 5) is 11.7. The Balaban J connectivity index is 2.54. The Kier molecular flexibility index (Phi) is 2.75. The lowest BCUT2D eigenvalue weighted by atomic mass is 10.1. The zero-order valence-electron chi connectivity index (χ0n) is 7.61. The van der Waals surface area contributed by atoms with E-state index in [4.69, 9.17) is 16.7 Å². The van der Waals surface area contributed by atoms with Gasteiger partial charge in [0.2, 0.25) is 0 Å². The van der Waals surface area contributed by atoms with Crippen LogP contribution in [0.1, 0.15) is 10.4 Å². The summed E-state index contributed by atoms with van der Waals surface area (Å²) >= 11 is 7.25. The van der Waals surface area contributed by atoms with Crippen LogP contribution in [0.25, 0.3) is 10.4 Å². The predicted molar refractivity (Wildman–Crippen MR) is 61.7 cm³/mol. The molecule has 2 nitrogen and oxygen atoms in total. The second-order valence-electron chi connectivity index (χ2n) is 2.98. The molecule has 1 aromatic carbocycles. The molecule has 0 bridgehead atoms. The van der Waals surface area contributed by atoms with Crippen LogP contribution in [-0.4, -0.2) is 11.1 Å². The predicted octanol–water partition coefficient (Wildman–Crippen LogP) is 3.77. The molecule has 0 saturated heterocycles. The molecular weight excluding hydrogens is 232 g/mol. The number of rotatable bonds is 2. The van der Waals surface area contributed by atoms with Crippen LogP contribution >= 0.6 is 22.9 Å². The van der Waals surface area contributed by atoms with Gasteiger partial charge in [-0.3, -0.25) is 0 Å². The minimum absolute atomic E-state index is 0.322. The summed E-state index contributed by atoms with van der Waals surface area (Å²) in [6, 6.07) is 8.79. The van der Waals surface area contributed by atoms with Crippen molar-refractivity contribution >= 4 is 28.9 Å². The molecule has 0 unspecified atom stereocenters. The highest BCUT2D eigenvalue weighted by Crippen LogP contribution is 2.30. The molecule has 1 heterocycles. The molecule has 1 aromatic heterocycles. The smallest absolute Gasteiger partial charge is 0.337 e. The number of carboxylic acids is 1. The van der Waals surface area contributed by atoms with Crippen molar-refractivity contribution < 1.29 is 9.90 Å². The number of carbonyl (C=O) groups is 1. The van der Waals surface area contributed by atoms with Gasteiger partial charge in [0.05, 0.1) is 5.56 Å². The summed E-state index contributed by atoms with van der Waals surface area (Å²) in [7, 11) is 0. The van der Waals surface area contributed by atoms with Crippen LogP contribution in [-0.2, 0) is 0 Å². The van der Waals surface area contributed by atoms with Crippen molar-refractivity contribution in [2.24, 2.45) is 0 Å². The molecule has 0 saturated carbocycles. The number of hydrogen-bond donors (Lipinski definition) is 1. The van der Waals surface area contributed by atoms with E-state index in [1.165, 1.54) is 11.3 Å². The lowest BCUT2D eigenvalue weighted by Crippen LogP contribution is -1.95. The van der Waals surface area contributed by atoms with Gasteiger partial charge in [-0.15, -0.1) is 11.3 Å². The number of aromatic carboxylic acids is 1. The number of carboxylic acid groups (broad SMARTS) is 1. The van der Waals surface area contributed by atoms with Gasteiger partial charge in [0.15, 0.2) is 0 Å². The molecule has 0 atom stereocenters. The fourth-order valence-electron chi connectivity index (χ4n) is 1.33. The monoisotopic (exact) mass is 238 g/mol. The number of hydrogen-bond acceptors (Lipinski definition) is 2. The molecule has 0 amide bonds. The molecule has 4 heteroatoms. The van der Waals surface area contributed by atoms with Crippen molar-refractivity contribution in [3.8, 4) is 10.4 Å². The van der Waals surface area contributed by atoms with Crippen LogP contribution in [0, 0.1) is 0 Å². The molecule has 2 aromatic rings. The summed E-state index contributed by atoms with van der Waals surface area (Å²) in [5.41, 5.74) is 1.16. The Bertz CT molecular complexity index is 505. The minimum Gasteiger partial charge on any atom is -0.478 e. The summed E-state index contributed by atoms with van der Waals surface area (Å²) in [5, 5.41) is 11.3. The zero-order valence-corrected chi connectivity index (χ0v) is 9.18. The van der Waals surface area contributed by atoms with Crippen LogP contribution in [0.2, 0.25) is 5.02 Å². The van der Waals surface area contributed by atoms with Gasteiger partial charge in [-0.25, -0.2) is 4.79 Å². The maximum absolute atomic E-state index is 10.9. The summed E-state index contributed by atoms with van der Waals surface area (Å²) in [5.74, 6) is -0.911. The largest absolute Gasteiger partial charge is 0.478 e. The van der Waals surface area contributed by atoms with E-state index in [-0.39, 0.29) is 0 Å². The van der Waals surface area contributed by atoms with Gasteiger partial charge in [0.1, 0.15) is 0 Å². The van der Waals surface area contributed by atoms with E-state index >= 15 is 0 Å².